The molecule has 3 N–H and O–H groups in total. The van der Waals surface area contributed by atoms with Crippen LogP contribution in [0.5, 0.6) is 0 Å². The zero-order valence-corrected chi connectivity index (χ0v) is 11.1. The molecule has 1 amide bonds. The average molecular weight is 289 g/mol. The van der Waals surface area contributed by atoms with Crippen LogP contribution in [0.1, 0.15) is 16.8 Å². The topological polar surface area (TPSA) is 89.3 Å². The summed E-state index contributed by atoms with van der Waals surface area (Å²) in [4.78, 5) is 11.1. The summed E-state index contributed by atoms with van der Waals surface area (Å²) in [5, 5.41) is 3.48. The maximum absolute atomic E-state index is 11.3. The van der Waals surface area contributed by atoms with Gasteiger partial charge in [-0.2, -0.15) is 0 Å². The summed E-state index contributed by atoms with van der Waals surface area (Å²) in [7, 11) is -2.95. The molecule has 0 radical (unpaired) electrons. The second-order valence-electron chi connectivity index (χ2n) is 4.30. The molecule has 1 aliphatic heterocycles. The van der Waals surface area contributed by atoms with E-state index in [1.807, 2.05) is 0 Å². The Kier molecular flexibility index (Phi) is 3.49. The predicted molar refractivity (Wildman–Crippen MR) is 70.7 cm³/mol. The smallest absolute Gasteiger partial charge is 0.248 e. The molecule has 1 fully saturated rings. The highest BCUT2D eigenvalue weighted by Crippen LogP contribution is 2.26. The van der Waals surface area contributed by atoms with Gasteiger partial charge in [0.05, 0.1) is 22.2 Å². The third kappa shape index (κ3) is 2.94. The summed E-state index contributed by atoms with van der Waals surface area (Å²) in [6.07, 6.45) is 0.541. The largest absolute Gasteiger partial charge is 0.380 e. The van der Waals surface area contributed by atoms with E-state index in [-0.39, 0.29) is 17.5 Å². The molecular formula is C11H13ClN2O3S. The second-order valence-corrected chi connectivity index (χ2v) is 6.94. The first kappa shape index (κ1) is 13.2. The normalized spacial score (nSPS) is 21.7. The molecule has 0 spiro atoms. The summed E-state index contributed by atoms with van der Waals surface area (Å²) in [5.74, 6) is -0.282. The maximum atomic E-state index is 11.3. The van der Waals surface area contributed by atoms with E-state index in [1.165, 1.54) is 12.1 Å². The van der Waals surface area contributed by atoms with Crippen LogP contribution in [0.2, 0.25) is 5.02 Å². The van der Waals surface area contributed by atoms with E-state index < -0.39 is 15.7 Å². The number of hydrogen-bond acceptors (Lipinski definition) is 4. The molecule has 1 saturated heterocycles. The molecule has 1 aromatic rings. The first-order chi connectivity index (χ1) is 8.37. The van der Waals surface area contributed by atoms with Crippen molar-refractivity contribution in [3.63, 3.8) is 0 Å². The van der Waals surface area contributed by atoms with Crippen molar-refractivity contribution < 1.29 is 13.2 Å². The quantitative estimate of drug-likeness (QED) is 0.869. The lowest BCUT2D eigenvalue weighted by molar-refractivity contribution is 0.100. The number of carbonyl (C=O) groups is 1. The molecule has 1 unspecified atom stereocenters. The highest BCUT2D eigenvalue weighted by molar-refractivity contribution is 7.91. The Morgan fingerprint density at radius 3 is 2.72 bits per heavy atom. The number of nitrogens with two attached hydrogens (primary N) is 1. The minimum atomic E-state index is -2.95. The van der Waals surface area contributed by atoms with Gasteiger partial charge in [-0.05, 0) is 24.6 Å². The number of sulfone groups is 1. The lowest BCUT2D eigenvalue weighted by Gasteiger charge is -2.14. The monoisotopic (exact) mass is 288 g/mol. The van der Waals surface area contributed by atoms with Crippen LogP contribution in [0.3, 0.4) is 0 Å². The van der Waals surface area contributed by atoms with Crippen LogP contribution in [0.25, 0.3) is 0 Å². The van der Waals surface area contributed by atoms with Gasteiger partial charge in [-0.1, -0.05) is 11.6 Å². The Bertz CT molecular complexity index is 586. The first-order valence-corrected chi connectivity index (χ1v) is 7.64. The van der Waals surface area contributed by atoms with E-state index in [1.54, 1.807) is 6.07 Å². The molecule has 0 bridgehead atoms. The van der Waals surface area contributed by atoms with E-state index in [0.29, 0.717) is 22.7 Å². The van der Waals surface area contributed by atoms with Gasteiger partial charge >= 0.3 is 0 Å². The number of benzene rings is 1. The van der Waals surface area contributed by atoms with Crippen molar-refractivity contribution in [2.24, 2.45) is 5.73 Å². The van der Waals surface area contributed by atoms with Gasteiger partial charge in [-0.15, -0.1) is 0 Å². The molecule has 1 aliphatic rings. The van der Waals surface area contributed by atoms with E-state index in [4.69, 9.17) is 17.3 Å². The van der Waals surface area contributed by atoms with E-state index in [0.717, 1.165) is 0 Å². The fourth-order valence-electron chi connectivity index (χ4n) is 1.92. The van der Waals surface area contributed by atoms with Crippen LogP contribution in [0.15, 0.2) is 18.2 Å². The summed E-state index contributed by atoms with van der Waals surface area (Å²) < 4.78 is 22.7. The van der Waals surface area contributed by atoms with Crippen molar-refractivity contribution in [3.05, 3.63) is 28.8 Å². The van der Waals surface area contributed by atoms with Gasteiger partial charge < -0.3 is 11.1 Å². The van der Waals surface area contributed by atoms with Gasteiger partial charge in [0.15, 0.2) is 9.84 Å². The van der Waals surface area contributed by atoms with Crippen LogP contribution in [0, 0.1) is 0 Å². The Morgan fingerprint density at radius 2 is 2.17 bits per heavy atom. The number of hydrogen-bond donors (Lipinski definition) is 2. The number of primary amides is 1. The molecule has 7 heteroatoms. The average Bonchev–Trinajstić information content (AvgIpc) is 2.61. The van der Waals surface area contributed by atoms with Crippen molar-refractivity contribution in [3.8, 4) is 0 Å². The maximum Gasteiger partial charge on any atom is 0.248 e. The van der Waals surface area contributed by atoms with Crippen molar-refractivity contribution in [1.82, 2.24) is 0 Å². The summed E-state index contributed by atoms with van der Waals surface area (Å²) in [6, 6.07) is 4.46. The third-order valence-corrected chi connectivity index (χ3v) is 4.94. The number of amides is 1. The van der Waals surface area contributed by atoms with Crippen LogP contribution in [0.4, 0.5) is 5.69 Å². The third-order valence-electron chi connectivity index (χ3n) is 2.84. The minimum absolute atomic E-state index is 0.0874. The van der Waals surface area contributed by atoms with Crippen molar-refractivity contribution in [1.29, 1.82) is 0 Å². The highest BCUT2D eigenvalue weighted by atomic mass is 35.5. The van der Waals surface area contributed by atoms with E-state index >= 15 is 0 Å². The van der Waals surface area contributed by atoms with E-state index in [9.17, 15) is 13.2 Å². The first-order valence-electron chi connectivity index (χ1n) is 5.44. The molecule has 0 saturated carbocycles. The lowest BCUT2D eigenvalue weighted by Crippen LogP contribution is -2.21. The molecule has 1 aromatic carbocycles. The molecule has 0 aliphatic carbocycles. The van der Waals surface area contributed by atoms with Crippen molar-refractivity contribution in [2.45, 2.75) is 12.5 Å². The Morgan fingerprint density at radius 1 is 1.44 bits per heavy atom. The molecule has 18 heavy (non-hydrogen) atoms. The van der Waals surface area contributed by atoms with Gasteiger partial charge in [0.1, 0.15) is 0 Å². The standard InChI is InChI=1S/C11H13ClN2O3S/c12-9-2-1-7(11(13)15)5-10(9)14-8-3-4-18(16,17)6-8/h1-2,5,8,14H,3-4,6H2,(H2,13,15). The van der Waals surface area contributed by atoms with Gasteiger partial charge in [-0.3, -0.25) is 4.79 Å². The fourth-order valence-corrected chi connectivity index (χ4v) is 3.76. The highest BCUT2D eigenvalue weighted by Gasteiger charge is 2.28. The molecule has 1 heterocycles. The minimum Gasteiger partial charge on any atom is -0.380 e. The number of carbonyl (C=O) groups excluding carboxylic acids is 1. The molecule has 1 atom stereocenters. The Hall–Kier alpha value is -1.27. The molecular weight excluding hydrogens is 276 g/mol. The molecule has 2 rings (SSSR count). The number of nitrogens with one attached hydrogen (secondary N) is 1. The molecule has 5 nitrogen and oxygen atoms in total. The SMILES string of the molecule is NC(=O)c1ccc(Cl)c(NC2CCS(=O)(=O)C2)c1. The van der Waals surface area contributed by atoms with Crippen LogP contribution >= 0.6 is 11.6 Å². The van der Waals surface area contributed by atoms with Gasteiger partial charge in [0, 0.05) is 11.6 Å². The molecule has 0 aromatic heterocycles. The number of halogens is 1. The number of anilines is 1. The van der Waals surface area contributed by atoms with Gasteiger partial charge in [0.2, 0.25) is 5.91 Å². The molecule has 98 valence electrons. The summed E-state index contributed by atoms with van der Waals surface area (Å²) in [6.45, 7) is 0. The summed E-state index contributed by atoms with van der Waals surface area (Å²) >= 11 is 5.99. The second kappa shape index (κ2) is 4.78. The Labute approximate surface area is 110 Å². The summed E-state index contributed by atoms with van der Waals surface area (Å²) in [5.41, 5.74) is 6.05. The lowest BCUT2D eigenvalue weighted by atomic mass is 10.1. The van der Waals surface area contributed by atoms with E-state index in [2.05, 4.69) is 5.32 Å². The fraction of sp³-hybridized carbons (Fsp3) is 0.364. The van der Waals surface area contributed by atoms with Crippen molar-refractivity contribution >= 4 is 33.0 Å². The van der Waals surface area contributed by atoms with Crippen LogP contribution < -0.4 is 11.1 Å². The zero-order chi connectivity index (χ0) is 13.3. The van der Waals surface area contributed by atoms with Gasteiger partial charge in [-0.25, -0.2) is 8.42 Å². The van der Waals surface area contributed by atoms with Crippen molar-refractivity contribution in [2.75, 3.05) is 16.8 Å². The predicted octanol–water partition coefficient (Wildman–Crippen LogP) is 1.04. The zero-order valence-electron chi connectivity index (χ0n) is 9.52. The number of rotatable bonds is 3. The van der Waals surface area contributed by atoms with Crippen LogP contribution in [-0.2, 0) is 9.84 Å². The van der Waals surface area contributed by atoms with Gasteiger partial charge in [0.25, 0.3) is 0 Å². The Balaban J connectivity index is 2.19. The van der Waals surface area contributed by atoms with Crippen LogP contribution in [-0.4, -0.2) is 31.9 Å².